The summed E-state index contributed by atoms with van der Waals surface area (Å²) < 4.78 is 0. The van der Waals surface area contributed by atoms with Crippen molar-refractivity contribution in [1.29, 1.82) is 0 Å². The first kappa shape index (κ1) is 19.2. The van der Waals surface area contributed by atoms with Crippen LogP contribution >= 0.6 is 0 Å². The molecule has 0 radical (unpaired) electrons. The molecule has 1 heterocycles. The molecule has 146 valence electrons. The molecule has 0 aliphatic rings. The van der Waals surface area contributed by atoms with Gasteiger partial charge in [-0.25, -0.2) is 14.6 Å². The lowest BCUT2D eigenvalue weighted by atomic mass is 10.1. The normalized spacial score (nSPS) is 11.9. The first-order chi connectivity index (χ1) is 13.5. The van der Waals surface area contributed by atoms with Crippen LogP contribution in [0.2, 0.25) is 0 Å². The van der Waals surface area contributed by atoms with Crippen molar-refractivity contribution >= 4 is 23.0 Å². The van der Waals surface area contributed by atoms with Crippen LogP contribution < -0.4 is 10.6 Å². The van der Waals surface area contributed by atoms with Crippen molar-refractivity contribution in [2.45, 2.75) is 25.3 Å². The number of hydrogen-bond donors (Lipinski definition) is 5. The molecule has 0 fully saturated rings. The van der Waals surface area contributed by atoms with Gasteiger partial charge in [0.25, 0.3) is 0 Å². The van der Waals surface area contributed by atoms with E-state index in [-0.39, 0.29) is 0 Å². The van der Waals surface area contributed by atoms with Crippen LogP contribution in [0, 0.1) is 0 Å². The third-order valence-electron chi connectivity index (χ3n) is 4.48. The zero-order valence-electron chi connectivity index (χ0n) is 15.2. The minimum atomic E-state index is -1.13. The number of hydrogen-bond acceptors (Lipinski definition) is 3. The molecule has 0 saturated heterocycles. The smallest absolute Gasteiger partial charge is 0.405 e. The van der Waals surface area contributed by atoms with Gasteiger partial charge in [-0.2, -0.15) is 0 Å². The number of nitrogens with zero attached hydrogens (tertiary/aromatic N) is 1. The van der Waals surface area contributed by atoms with Crippen molar-refractivity contribution < 1.29 is 19.8 Å². The van der Waals surface area contributed by atoms with Gasteiger partial charge in [-0.1, -0.05) is 36.4 Å². The van der Waals surface area contributed by atoms with Crippen molar-refractivity contribution in [1.82, 2.24) is 20.6 Å². The molecule has 0 aliphatic heterocycles. The number of aromatic amines is 1. The molecule has 1 aromatic heterocycles. The molecule has 28 heavy (non-hydrogen) atoms. The molecular formula is C20H22N4O4. The van der Waals surface area contributed by atoms with Crippen molar-refractivity contribution in [3.63, 3.8) is 0 Å². The van der Waals surface area contributed by atoms with E-state index in [9.17, 15) is 9.59 Å². The summed E-state index contributed by atoms with van der Waals surface area (Å²) in [5.41, 5.74) is 1.78. The first-order valence-corrected chi connectivity index (χ1v) is 9.03. The number of imidazole rings is 1. The van der Waals surface area contributed by atoms with Gasteiger partial charge in [-0.3, -0.25) is 0 Å². The van der Waals surface area contributed by atoms with Crippen molar-refractivity contribution in [2.75, 3.05) is 6.54 Å². The summed E-state index contributed by atoms with van der Waals surface area (Å²) >= 11 is 0. The minimum absolute atomic E-state index is 0.329. The molecule has 1 atom stereocenters. The van der Waals surface area contributed by atoms with Crippen LogP contribution in [0.5, 0.6) is 0 Å². The molecule has 3 rings (SSSR count). The van der Waals surface area contributed by atoms with Gasteiger partial charge in [0.05, 0.1) is 17.9 Å². The number of H-pyrrole nitrogens is 1. The third-order valence-corrected chi connectivity index (χ3v) is 4.48. The number of unbranched alkanes of at least 4 members (excludes halogenated alkanes) is 1. The van der Waals surface area contributed by atoms with Crippen LogP contribution in [-0.2, 0) is 0 Å². The Bertz CT molecular complexity index is 970. The van der Waals surface area contributed by atoms with E-state index in [1.165, 1.54) is 0 Å². The Morgan fingerprint density at radius 3 is 2.57 bits per heavy atom. The number of rotatable bonds is 8. The Morgan fingerprint density at radius 2 is 1.82 bits per heavy atom. The summed E-state index contributed by atoms with van der Waals surface area (Å²) in [5, 5.41) is 24.7. The highest BCUT2D eigenvalue weighted by Crippen LogP contribution is 2.25. The molecule has 2 amide bonds. The largest absolute Gasteiger partial charge is 0.465 e. The zero-order chi connectivity index (χ0) is 19.9. The van der Waals surface area contributed by atoms with Crippen LogP contribution in [0.15, 0.2) is 48.7 Å². The van der Waals surface area contributed by atoms with Crippen molar-refractivity contribution in [2.24, 2.45) is 0 Å². The van der Waals surface area contributed by atoms with Gasteiger partial charge >= 0.3 is 12.2 Å². The summed E-state index contributed by atoms with van der Waals surface area (Å²) in [7, 11) is 0. The second-order valence-corrected chi connectivity index (χ2v) is 6.47. The summed E-state index contributed by atoms with van der Waals surface area (Å²) in [6.45, 7) is 0.329. The van der Waals surface area contributed by atoms with Crippen LogP contribution in [0.1, 0.15) is 31.1 Å². The highest BCUT2D eigenvalue weighted by atomic mass is 16.4. The quantitative estimate of drug-likeness (QED) is 0.377. The van der Waals surface area contributed by atoms with E-state index in [2.05, 4.69) is 26.7 Å². The third kappa shape index (κ3) is 5.00. The number of fused-ring (bicyclic) bond motifs is 1. The number of amides is 2. The fourth-order valence-corrected chi connectivity index (χ4v) is 3.11. The van der Waals surface area contributed by atoms with Gasteiger partial charge in [0, 0.05) is 12.1 Å². The Morgan fingerprint density at radius 1 is 1.04 bits per heavy atom. The van der Waals surface area contributed by atoms with E-state index >= 15 is 0 Å². The van der Waals surface area contributed by atoms with E-state index < -0.39 is 18.2 Å². The lowest BCUT2D eigenvalue weighted by molar-refractivity contribution is 0.188. The van der Waals surface area contributed by atoms with Gasteiger partial charge in [0.1, 0.15) is 5.82 Å². The minimum Gasteiger partial charge on any atom is -0.465 e. The van der Waals surface area contributed by atoms with E-state index in [0.717, 1.165) is 22.0 Å². The topological polar surface area (TPSA) is 127 Å². The van der Waals surface area contributed by atoms with Crippen LogP contribution in [0.3, 0.4) is 0 Å². The highest BCUT2D eigenvalue weighted by molar-refractivity contribution is 5.86. The van der Waals surface area contributed by atoms with Crippen LogP contribution in [0.4, 0.5) is 9.59 Å². The zero-order valence-corrected chi connectivity index (χ0v) is 15.2. The van der Waals surface area contributed by atoms with E-state index in [1.807, 2.05) is 36.4 Å². The fraction of sp³-hybridized carbons (Fsp3) is 0.250. The molecule has 8 heteroatoms. The van der Waals surface area contributed by atoms with Crippen molar-refractivity contribution in [3.05, 3.63) is 54.5 Å². The second-order valence-electron chi connectivity index (χ2n) is 6.47. The highest BCUT2D eigenvalue weighted by Gasteiger charge is 2.17. The summed E-state index contributed by atoms with van der Waals surface area (Å²) in [5.74, 6) is 0.539. The molecular weight excluding hydrogens is 360 g/mol. The standard InChI is InChI=1S/C20H22N4O4/c25-19(26)21-10-4-3-7-16(24-20(27)28)18-22-12-17(23-18)15-9-8-13-5-1-2-6-14(13)11-15/h1-2,5-6,8-9,11-12,16,21,24H,3-4,7,10H2,(H,22,23)(H,25,26)(H,27,28). The Kier molecular flexibility index (Phi) is 6.11. The monoisotopic (exact) mass is 382 g/mol. The average molecular weight is 382 g/mol. The van der Waals surface area contributed by atoms with Gasteiger partial charge in [-0.05, 0) is 36.1 Å². The average Bonchev–Trinajstić information content (AvgIpc) is 3.16. The number of carboxylic acid groups (broad SMARTS) is 2. The summed E-state index contributed by atoms with van der Waals surface area (Å²) in [6, 6.07) is 13.7. The number of benzene rings is 2. The molecule has 0 saturated carbocycles. The second kappa shape index (κ2) is 8.90. The predicted molar refractivity (Wildman–Crippen MR) is 105 cm³/mol. The van der Waals surface area contributed by atoms with Gasteiger partial charge in [0.2, 0.25) is 0 Å². The maximum atomic E-state index is 11.1. The molecule has 8 nitrogen and oxygen atoms in total. The van der Waals surface area contributed by atoms with E-state index in [1.54, 1.807) is 6.20 Å². The molecule has 2 aromatic carbocycles. The lowest BCUT2D eigenvalue weighted by Crippen LogP contribution is -2.28. The molecule has 3 aromatic rings. The summed E-state index contributed by atoms with van der Waals surface area (Å²) in [6.07, 6.45) is 1.28. The van der Waals surface area contributed by atoms with Gasteiger partial charge in [-0.15, -0.1) is 0 Å². The van der Waals surface area contributed by atoms with Crippen LogP contribution in [0.25, 0.3) is 22.0 Å². The lowest BCUT2D eigenvalue weighted by Gasteiger charge is -2.14. The fourth-order valence-electron chi connectivity index (χ4n) is 3.11. The van der Waals surface area contributed by atoms with Crippen molar-refractivity contribution in [3.8, 4) is 11.3 Å². The molecule has 1 unspecified atom stereocenters. The maximum Gasteiger partial charge on any atom is 0.405 e. The Balaban J connectivity index is 1.71. The number of nitrogens with one attached hydrogen (secondary N) is 3. The van der Waals surface area contributed by atoms with Crippen LogP contribution in [-0.4, -0.2) is 38.9 Å². The Hall–Kier alpha value is -3.55. The SMILES string of the molecule is O=C(O)NCCCCC(NC(=O)O)c1ncc(-c2ccc3ccccc3c2)[nH]1. The molecule has 5 N–H and O–H groups in total. The molecule has 0 spiro atoms. The molecule has 0 bridgehead atoms. The predicted octanol–water partition coefficient (Wildman–Crippen LogP) is 3.98. The van der Waals surface area contributed by atoms with E-state index in [4.69, 9.17) is 10.2 Å². The molecule has 0 aliphatic carbocycles. The first-order valence-electron chi connectivity index (χ1n) is 9.03. The number of aromatic nitrogens is 2. The maximum absolute atomic E-state index is 11.1. The summed E-state index contributed by atoms with van der Waals surface area (Å²) in [4.78, 5) is 29.2. The van der Waals surface area contributed by atoms with Gasteiger partial charge < -0.3 is 25.8 Å². The number of carbonyl (C=O) groups is 2. The van der Waals surface area contributed by atoms with Gasteiger partial charge in [0.15, 0.2) is 0 Å². The Labute approximate surface area is 161 Å². The van der Waals surface area contributed by atoms with E-state index in [0.29, 0.717) is 31.6 Å².